The number of benzene rings is 2. The monoisotopic (exact) mass is 356 g/mol. The molecule has 0 aromatic heterocycles. The summed E-state index contributed by atoms with van der Waals surface area (Å²) in [6.45, 7) is 4.52. The highest BCUT2D eigenvalue weighted by atomic mass is 16.5. The number of hydrogen-bond donors (Lipinski definition) is 2. The van der Waals surface area contributed by atoms with E-state index in [1.807, 2.05) is 31.2 Å². The molecule has 1 atom stereocenters. The van der Waals surface area contributed by atoms with E-state index in [0.717, 1.165) is 5.56 Å². The lowest BCUT2D eigenvalue weighted by Crippen LogP contribution is -2.30. The van der Waals surface area contributed by atoms with Crippen molar-refractivity contribution in [2.45, 2.75) is 20.0 Å². The van der Waals surface area contributed by atoms with Gasteiger partial charge in [0.25, 0.3) is 11.8 Å². The molecule has 0 aliphatic heterocycles. The molecule has 0 aliphatic rings. The van der Waals surface area contributed by atoms with E-state index in [1.165, 1.54) is 0 Å². The summed E-state index contributed by atoms with van der Waals surface area (Å²) >= 11 is 0. The lowest BCUT2D eigenvalue weighted by molar-refractivity contribution is -0.122. The lowest BCUT2D eigenvalue weighted by Gasteiger charge is -2.16. The Balaban J connectivity index is 1.90. The van der Waals surface area contributed by atoms with Crippen LogP contribution in [0.25, 0.3) is 0 Å². The van der Waals surface area contributed by atoms with Gasteiger partial charge in [-0.15, -0.1) is 0 Å². The third-order valence-corrected chi connectivity index (χ3v) is 3.77. The first kappa shape index (κ1) is 19.5. The molecule has 6 nitrogen and oxygen atoms in total. The summed E-state index contributed by atoms with van der Waals surface area (Å²) in [7, 11) is 1.58. The minimum atomic E-state index is -0.645. The normalized spacial score (nSPS) is 11.5. The topological polar surface area (TPSA) is 76.7 Å². The fourth-order valence-corrected chi connectivity index (χ4v) is 2.25. The van der Waals surface area contributed by atoms with Gasteiger partial charge < -0.3 is 20.1 Å². The molecule has 2 amide bonds. The van der Waals surface area contributed by atoms with Crippen molar-refractivity contribution in [3.05, 3.63) is 59.7 Å². The molecule has 26 heavy (non-hydrogen) atoms. The number of rotatable bonds is 8. The number of amides is 2. The summed E-state index contributed by atoms with van der Waals surface area (Å²) in [6.07, 6.45) is -0.645. The van der Waals surface area contributed by atoms with Gasteiger partial charge in [-0.3, -0.25) is 9.59 Å². The molecule has 0 heterocycles. The van der Waals surface area contributed by atoms with Crippen LogP contribution in [-0.4, -0.2) is 38.2 Å². The van der Waals surface area contributed by atoms with Crippen LogP contribution in [0.1, 0.15) is 22.8 Å². The largest absolute Gasteiger partial charge is 0.481 e. The minimum absolute atomic E-state index is 0.184. The Kier molecular flexibility index (Phi) is 7.17. The Morgan fingerprint density at radius 3 is 2.42 bits per heavy atom. The van der Waals surface area contributed by atoms with E-state index < -0.39 is 6.10 Å². The molecule has 0 aliphatic carbocycles. The van der Waals surface area contributed by atoms with Crippen LogP contribution in [0.4, 0.5) is 5.69 Å². The SMILES string of the molecule is COCCNC(=O)c1ccc(NC(=O)C(C)Oc2ccccc2C)cc1. The highest BCUT2D eigenvalue weighted by Gasteiger charge is 2.16. The zero-order valence-corrected chi connectivity index (χ0v) is 15.2. The predicted molar refractivity (Wildman–Crippen MR) is 101 cm³/mol. The summed E-state index contributed by atoms with van der Waals surface area (Å²) < 4.78 is 10.6. The molecular formula is C20H24N2O4. The maximum absolute atomic E-state index is 12.3. The van der Waals surface area contributed by atoms with Crippen LogP contribution in [0.2, 0.25) is 0 Å². The molecule has 138 valence electrons. The molecule has 0 bridgehead atoms. The molecule has 2 N–H and O–H groups in total. The summed E-state index contributed by atoms with van der Waals surface area (Å²) in [6, 6.07) is 14.2. The third kappa shape index (κ3) is 5.60. The minimum Gasteiger partial charge on any atom is -0.481 e. The van der Waals surface area contributed by atoms with Crippen molar-refractivity contribution < 1.29 is 19.1 Å². The second-order valence-electron chi connectivity index (χ2n) is 5.84. The van der Waals surface area contributed by atoms with E-state index in [9.17, 15) is 9.59 Å². The quantitative estimate of drug-likeness (QED) is 0.713. The Morgan fingerprint density at radius 2 is 1.77 bits per heavy atom. The van der Waals surface area contributed by atoms with E-state index >= 15 is 0 Å². The molecule has 0 saturated heterocycles. The Hall–Kier alpha value is -2.86. The number of para-hydroxylation sites is 1. The first-order valence-electron chi connectivity index (χ1n) is 8.41. The van der Waals surface area contributed by atoms with Gasteiger partial charge in [-0.1, -0.05) is 18.2 Å². The number of carbonyl (C=O) groups is 2. The fourth-order valence-electron chi connectivity index (χ4n) is 2.25. The van der Waals surface area contributed by atoms with Crippen LogP contribution in [0.15, 0.2) is 48.5 Å². The average molecular weight is 356 g/mol. The highest BCUT2D eigenvalue weighted by Crippen LogP contribution is 2.18. The molecule has 0 radical (unpaired) electrons. The van der Waals surface area contributed by atoms with Crippen molar-refractivity contribution in [2.24, 2.45) is 0 Å². The molecule has 6 heteroatoms. The Bertz CT molecular complexity index is 744. The van der Waals surface area contributed by atoms with Crippen molar-refractivity contribution in [1.29, 1.82) is 0 Å². The van der Waals surface area contributed by atoms with Crippen molar-refractivity contribution in [1.82, 2.24) is 5.32 Å². The molecule has 2 aromatic rings. The number of nitrogens with one attached hydrogen (secondary N) is 2. The molecule has 0 spiro atoms. The van der Waals surface area contributed by atoms with E-state index in [-0.39, 0.29) is 11.8 Å². The van der Waals surface area contributed by atoms with Crippen LogP contribution in [-0.2, 0) is 9.53 Å². The van der Waals surface area contributed by atoms with Gasteiger partial charge in [0, 0.05) is 24.9 Å². The van der Waals surface area contributed by atoms with Gasteiger partial charge in [-0.2, -0.15) is 0 Å². The number of carbonyl (C=O) groups excluding carboxylic acids is 2. The first-order valence-corrected chi connectivity index (χ1v) is 8.41. The summed E-state index contributed by atoms with van der Waals surface area (Å²) in [5.41, 5.74) is 2.09. The van der Waals surface area contributed by atoms with Gasteiger partial charge in [0.1, 0.15) is 5.75 Å². The highest BCUT2D eigenvalue weighted by molar-refractivity contribution is 5.96. The van der Waals surface area contributed by atoms with E-state index in [1.54, 1.807) is 38.3 Å². The van der Waals surface area contributed by atoms with Gasteiger partial charge in [0.05, 0.1) is 6.61 Å². The fraction of sp³-hybridized carbons (Fsp3) is 0.300. The van der Waals surface area contributed by atoms with Crippen molar-refractivity contribution in [3.8, 4) is 5.75 Å². The molecule has 2 aromatic carbocycles. The van der Waals surface area contributed by atoms with Gasteiger partial charge in [0.15, 0.2) is 6.10 Å². The van der Waals surface area contributed by atoms with E-state index in [2.05, 4.69) is 10.6 Å². The van der Waals surface area contributed by atoms with Crippen molar-refractivity contribution in [2.75, 3.05) is 25.6 Å². The molecule has 2 rings (SSSR count). The number of methoxy groups -OCH3 is 1. The van der Waals surface area contributed by atoms with Crippen LogP contribution in [0.5, 0.6) is 5.75 Å². The number of anilines is 1. The molecule has 0 fully saturated rings. The van der Waals surface area contributed by atoms with Crippen LogP contribution >= 0.6 is 0 Å². The smallest absolute Gasteiger partial charge is 0.265 e. The molecule has 1 unspecified atom stereocenters. The zero-order chi connectivity index (χ0) is 18.9. The maximum Gasteiger partial charge on any atom is 0.265 e. The maximum atomic E-state index is 12.3. The van der Waals surface area contributed by atoms with Gasteiger partial charge >= 0.3 is 0 Å². The second-order valence-corrected chi connectivity index (χ2v) is 5.84. The van der Waals surface area contributed by atoms with Crippen molar-refractivity contribution in [3.63, 3.8) is 0 Å². The van der Waals surface area contributed by atoms with E-state index in [4.69, 9.17) is 9.47 Å². The van der Waals surface area contributed by atoms with E-state index in [0.29, 0.717) is 30.2 Å². The Labute approximate surface area is 153 Å². The van der Waals surface area contributed by atoms with Gasteiger partial charge in [-0.05, 0) is 49.7 Å². The molecular weight excluding hydrogens is 332 g/mol. The summed E-state index contributed by atoms with van der Waals surface area (Å²) in [5, 5.41) is 5.52. The zero-order valence-electron chi connectivity index (χ0n) is 15.2. The van der Waals surface area contributed by atoms with Gasteiger partial charge in [-0.25, -0.2) is 0 Å². The van der Waals surface area contributed by atoms with Crippen LogP contribution < -0.4 is 15.4 Å². The predicted octanol–water partition coefficient (Wildman–Crippen LogP) is 2.78. The second kappa shape index (κ2) is 9.58. The average Bonchev–Trinajstić information content (AvgIpc) is 2.64. The molecule has 0 saturated carbocycles. The van der Waals surface area contributed by atoms with Crippen LogP contribution in [0.3, 0.4) is 0 Å². The summed E-state index contributed by atoms with van der Waals surface area (Å²) in [5.74, 6) is 0.236. The van der Waals surface area contributed by atoms with Crippen molar-refractivity contribution >= 4 is 17.5 Å². The number of aryl methyl sites for hydroxylation is 1. The van der Waals surface area contributed by atoms with Gasteiger partial charge in [0.2, 0.25) is 0 Å². The standard InChI is InChI=1S/C20H24N2O4/c1-14-6-4-5-7-18(14)26-15(2)19(23)22-17-10-8-16(9-11-17)20(24)21-12-13-25-3/h4-11,15H,12-13H2,1-3H3,(H,21,24)(H,22,23). The lowest BCUT2D eigenvalue weighted by atomic mass is 10.2. The van der Waals surface area contributed by atoms with Crippen LogP contribution in [0, 0.1) is 6.92 Å². The third-order valence-electron chi connectivity index (χ3n) is 3.77. The first-order chi connectivity index (χ1) is 12.5. The number of hydrogen-bond acceptors (Lipinski definition) is 4. The number of ether oxygens (including phenoxy) is 2. The summed E-state index contributed by atoms with van der Waals surface area (Å²) in [4.78, 5) is 24.2. The Morgan fingerprint density at radius 1 is 1.08 bits per heavy atom.